The number of amides is 1. The van der Waals surface area contributed by atoms with Gasteiger partial charge in [0, 0.05) is 12.1 Å². The lowest BCUT2D eigenvalue weighted by Crippen LogP contribution is -2.13. The molecular formula is C24H23N3O2. The van der Waals surface area contributed by atoms with Crippen molar-refractivity contribution in [2.45, 2.75) is 19.8 Å². The van der Waals surface area contributed by atoms with Gasteiger partial charge in [-0.15, -0.1) is 0 Å². The van der Waals surface area contributed by atoms with Crippen LogP contribution >= 0.6 is 0 Å². The molecule has 1 heterocycles. The van der Waals surface area contributed by atoms with Crippen LogP contribution in [0.15, 0.2) is 72.8 Å². The summed E-state index contributed by atoms with van der Waals surface area (Å²) in [4.78, 5) is 20.6. The molecular weight excluding hydrogens is 362 g/mol. The molecule has 0 atom stereocenters. The van der Waals surface area contributed by atoms with E-state index in [1.165, 1.54) is 5.56 Å². The number of aromatic amines is 1. The fourth-order valence-electron chi connectivity index (χ4n) is 3.28. The standard InChI is InChI=1S/C24H23N3O2/c1-2-29-22-10-6-3-7-19(22)24(28)25-18-14-11-17(12-15-18)13-16-23-26-20-8-4-5-9-21(20)27-23/h3-12,14-15H,2,13,16H2,1H3,(H,25,28)(H,26,27). The first-order valence-electron chi connectivity index (χ1n) is 9.78. The molecule has 1 aromatic heterocycles. The Balaban J connectivity index is 1.38. The fourth-order valence-corrected chi connectivity index (χ4v) is 3.28. The number of rotatable bonds is 7. The molecule has 0 bridgehead atoms. The lowest BCUT2D eigenvalue weighted by molar-refractivity contribution is 0.102. The zero-order chi connectivity index (χ0) is 20.1. The van der Waals surface area contributed by atoms with Gasteiger partial charge in [-0.3, -0.25) is 4.79 Å². The molecule has 5 heteroatoms. The van der Waals surface area contributed by atoms with Crippen molar-refractivity contribution in [1.29, 1.82) is 0 Å². The van der Waals surface area contributed by atoms with Crippen LogP contribution in [-0.4, -0.2) is 22.5 Å². The van der Waals surface area contributed by atoms with Gasteiger partial charge in [-0.05, 0) is 55.3 Å². The second-order valence-corrected chi connectivity index (χ2v) is 6.78. The van der Waals surface area contributed by atoms with E-state index in [0.717, 1.165) is 35.4 Å². The van der Waals surface area contributed by atoms with Gasteiger partial charge in [0.05, 0.1) is 23.2 Å². The largest absolute Gasteiger partial charge is 0.493 e. The van der Waals surface area contributed by atoms with Crippen LogP contribution in [0.25, 0.3) is 11.0 Å². The molecule has 5 nitrogen and oxygen atoms in total. The summed E-state index contributed by atoms with van der Waals surface area (Å²) in [6.07, 6.45) is 1.71. The Morgan fingerprint density at radius 3 is 2.52 bits per heavy atom. The summed E-state index contributed by atoms with van der Waals surface area (Å²) >= 11 is 0. The number of aryl methyl sites for hydroxylation is 2. The molecule has 29 heavy (non-hydrogen) atoms. The van der Waals surface area contributed by atoms with Gasteiger partial charge >= 0.3 is 0 Å². The van der Waals surface area contributed by atoms with Crippen molar-refractivity contribution in [2.75, 3.05) is 11.9 Å². The molecule has 0 aliphatic carbocycles. The molecule has 3 aromatic carbocycles. The maximum Gasteiger partial charge on any atom is 0.259 e. The third kappa shape index (κ3) is 4.46. The minimum absolute atomic E-state index is 0.177. The summed E-state index contributed by atoms with van der Waals surface area (Å²) in [5, 5.41) is 2.94. The zero-order valence-electron chi connectivity index (χ0n) is 16.3. The third-order valence-corrected chi connectivity index (χ3v) is 4.73. The van der Waals surface area contributed by atoms with E-state index in [4.69, 9.17) is 4.74 Å². The van der Waals surface area contributed by atoms with Gasteiger partial charge in [0.1, 0.15) is 11.6 Å². The number of H-pyrrole nitrogens is 1. The number of carbonyl (C=O) groups excluding carboxylic acids is 1. The first kappa shape index (κ1) is 18.7. The molecule has 0 unspecified atom stereocenters. The SMILES string of the molecule is CCOc1ccccc1C(=O)Nc1ccc(CCc2nc3ccccc3[nH]2)cc1. The first-order valence-corrected chi connectivity index (χ1v) is 9.78. The number of imidazole rings is 1. The normalized spacial score (nSPS) is 10.8. The summed E-state index contributed by atoms with van der Waals surface area (Å²) in [6.45, 7) is 2.42. The average molecular weight is 385 g/mol. The third-order valence-electron chi connectivity index (χ3n) is 4.73. The topological polar surface area (TPSA) is 67.0 Å². The van der Waals surface area contributed by atoms with E-state index in [0.29, 0.717) is 17.9 Å². The number of aromatic nitrogens is 2. The Bertz CT molecular complexity index is 1080. The highest BCUT2D eigenvalue weighted by Gasteiger charge is 2.12. The molecule has 0 saturated heterocycles. The van der Waals surface area contributed by atoms with E-state index in [2.05, 4.69) is 15.3 Å². The van der Waals surface area contributed by atoms with Crippen LogP contribution in [0.5, 0.6) is 5.75 Å². The average Bonchev–Trinajstić information content (AvgIpc) is 3.17. The number of ether oxygens (including phenoxy) is 1. The van der Waals surface area contributed by atoms with Gasteiger partial charge in [-0.1, -0.05) is 36.4 Å². The zero-order valence-corrected chi connectivity index (χ0v) is 16.3. The molecule has 1 amide bonds. The Kier molecular flexibility index (Phi) is 5.56. The quantitative estimate of drug-likeness (QED) is 0.470. The first-order chi connectivity index (χ1) is 14.2. The number of fused-ring (bicyclic) bond motifs is 1. The van der Waals surface area contributed by atoms with Crippen LogP contribution in [-0.2, 0) is 12.8 Å². The molecule has 146 valence electrons. The summed E-state index contributed by atoms with van der Waals surface area (Å²) in [6, 6.07) is 23.2. The van der Waals surface area contributed by atoms with Crippen molar-refractivity contribution in [3.8, 4) is 5.75 Å². The highest BCUT2D eigenvalue weighted by atomic mass is 16.5. The van der Waals surface area contributed by atoms with Crippen LogP contribution in [0, 0.1) is 0 Å². The van der Waals surface area contributed by atoms with Crippen molar-refractivity contribution in [3.63, 3.8) is 0 Å². The molecule has 4 aromatic rings. The second kappa shape index (κ2) is 8.61. The van der Waals surface area contributed by atoms with Gasteiger partial charge in [-0.2, -0.15) is 0 Å². The Morgan fingerprint density at radius 2 is 1.72 bits per heavy atom. The number of carbonyl (C=O) groups is 1. The molecule has 0 aliphatic heterocycles. The van der Waals surface area contributed by atoms with Crippen molar-refractivity contribution < 1.29 is 9.53 Å². The summed E-state index contributed by atoms with van der Waals surface area (Å²) < 4.78 is 5.54. The Labute approximate surface area is 169 Å². The summed E-state index contributed by atoms with van der Waals surface area (Å²) in [7, 11) is 0. The number of benzene rings is 3. The van der Waals surface area contributed by atoms with E-state index in [9.17, 15) is 4.79 Å². The lowest BCUT2D eigenvalue weighted by Gasteiger charge is -2.11. The highest BCUT2D eigenvalue weighted by Crippen LogP contribution is 2.20. The van der Waals surface area contributed by atoms with Gasteiger partial charge in [-0.25, -0.2) is 4.98 Å². The number of para-hydroxylation sites is 3. The van der Waals surface area contributed by atoms with E-state index in [-0.39, 0.29) is 5.91 Å². The Hall–Kier alpha value is -3.60. The van der Waals surface area contributed by atoms with Gasteiger partial charge in [0.15, 0.2) is 0 Å². The predicted molar refractivity (Wildman–Crippen MR) is 116 cm³/mol. The monoisotopic (exact) mass is 385 g/mol. The number of nitrogens with one attached hydrogen (secondary N) is 2. The van der Waals surface area contributed by atoms with E-state index in [1.54, 1.807) is 12.1 Å². The predicted octanol–water partition coefficient (Wildman–Crippen LogP) is 5.00. The Morgan fingerprint density at radius 1 is 0.966 bits per heavy atom. The smallest absolute Gasteiger partial charge is 0.259 e. The summed E-state index contributed by atoms with van der Waals surface area (Å²) in [5.74, 6) is 1.40. The van der Waals surface area contributed by atoms with E-state index >= 15 is 0 Å². The van der Waals surface area contributed by atoms with Gasteiger partial charge in [0.25, 0.3) is 5.91 Å². The van der Waals surface area contributed by atoms with Crippen molar-refractivity contribution in [1.82, 2.24) is 9.97 Å². The molecule has 0 fully saturated rings. The molecule has 0 saturated carbocycles. The molecule has 0 spiro atoms. The van der Waals surface area contributed by atoms with Crippen LogP contribution in [0.3, 0.4) is 0 Å². The molecule has 0 radical (unpaired) electrons. The fraction of sp³-hybridized carbons (Fsp3) is 0.167. The number of hydrogen-bond donors (Lipinski definition) is 2. The number of nitrogens with zero attached hydrogens (tertiary/aromatic N) is 1. The van der Waals surface area contributed by atoms with Gasteiger partial charge < -0.3 is 15.0 Å². The minimum atomic E-state index is -0.177. The van der Waals surface area contributed by atoms with Crippen LogP contribution in [0.4, 0.5) is 5.69 Å². The van der Waals surface area contributed by atoms with E-state index < -0.39 is 0 Å². The van der Waals surface area contributed by atoms with Crippen molar-refractivity contribution in [3.05, 3.63) is 89.7 Å². The lowest BCUT2D eigenvalue weighted by atomic mass is 10.1. The van der Waals surface area contributed by atoms with Crippen LogP contribution < -0.4 is 10.1 Å². The second-order valence-electron chi connectivity index (χ2n) is 6.78. The highest BCUT2D eigenvalue weighted by molar-refractivity contribution is 6.06. The summed E-state index contributed by atoms with van der Waals surface area (Å²) in [5.41, 5.74) is 4.54. The van der Waals surface area contributed by atoms with E-state index in [1.807, 2.05) is 67.6 Å². The maximum atomic E-state index is 12.6. The van der Waals surface area contributed by atoms with Crippen LogP contribution in [0.2, 0.25) is 0 Å². The number of hydrogen-bond acceptors (Lipinski definition) is 3. The van der Waals surface area contributed by atoms with Crippen molar-refractivity contribution in [2.24, 2.45) is 0 Å². The number of anilines is 1. The van der Waals surface area contributed by atoms with Crippen molar-refractivity contribution >= 4 is 22.6 Å². The molecule has 4 rings (SSSR count). The minimum Gasteiger partial charge on any atom is -0.493 e. The van der Waals surface area contributed by atoms with Crippen LogP contribution in [0.1, 0.15) is 28.7 Å². The molecule has 0 aliphatic rings. The maximum absolute atomic E-state index is 12.6. The van der Waals surface area contributed by atoms with Gasteiger partial charge in [0.2, 0.25) is 0 Å². The molecule has 2 N–H and O–H groups in total.